The monoisotopic (exact) mass is 400 g/mol. The molecule has 0 aromatic heterocycles. The fourth-order valence-electron chi connectivity index (χ4n) is 2.55. The largest absolute Gasteiger partial charge is 0.423 e. The third kappa shape index (κ3) is 7.70. The minimum Gasteiger partial charge on any atom is -0.423 e. The van der Waals surface area contributed by atoms with Gasteiger partial charge in [-0.05, 0) is 54.3 Å². The first-order valence-electron chi connectivity index (χ1n) is 8.92. The van der Waals surface area contributed by atoms with Crippen LogP contribution in [0.2, 0.25) is 0 Å². The van der Waals surface area contributed by atoms with Gasteiger partial charge in [-0.1, -0.05) is 72.8 Å². The predicted octanol–water partition coefficient (Wildman–Crippen LogP) is 6.58. The maximum Gasteiger partial charge on any atom is 0.336 e. The van der Waals surface area contributed by atoms with Gasteiger partial charge in [0, 0.05) is 10.5 Å². The summed E-state index contributed by atoms with van der Waals surface area (Å²) >= 11 is 3.35. The number of hydrogen-bond donors (Lipinski definition) is 0. The van der Waals surface area contributed by atoms with Crippen molar-refractivity contribution in [2.24, 2.45) is 0 Å². The van der Waals surface area contributed by atoms with E-state index >= 15 is 0 Å². The number of rotatable bonds is 9. The maximum atomic E-state index is 11.8. The van der Waals surface area contributed by atoms with Gasteiger partial charge < -0.3 is 4.74 Å². The number of ether oxygens (including phenoxy) is 1. The molecule has 2 rings (SSSR count). The highest BCUT2D eigenvalue weighted by Gasteiger charge is 2.00. The first-order chi connectivity index (χ1) is 12.2. The lowest BCUT2D eigenvalue weighted by atomic mass is 10.0. The Balaban J connectivity index is 1.78. The smallest absolute Gasteiger partial charge is 0.336 e. The normalized spacial score (nSPS) is 11.0. The van der Waals surface area contributed by atoms with Crippen LogP contribution in [0.25, 0.3) is 6.08 Å². The highest BCUT2D eigenvalue weighted by Crippen LogP contribution is 2.16. The molecule has 3 heteroatoms. The summed E-state index contributed by atoms with van der Waals surface area (Å²) in [6.07, 6.45) is 10.9. The first-order valence-corrected chi connectivity index (χ1v) is 9.71. The van der Waals surface area contributed by atoms with Gasteiger partial charge >= 0.3 is 5.97 Å². The second-order valence-electron chi connectivity index (χ2n) is 6.11. The third-order valence-corrected chi connectivity index (χ3v) is 4.52. The van der Waals surface area contributed by atoms with Crippen LogP contribution in [0.15, 0.2) is 59.1 Å². The summed E-state index contributed by atoms with van der Waals surface area (Å²) in [5, 5.41) is 0. The number of unbranched alkanes of at least 4 members (excludes halogenated alkanes) is 4. The molecule has 0 spiro atoms. The minimum atomic E-state index is -0.373. The van der Waals surface area contributed by atoms with Crippen molar-refractivity contribution in [1.82, 2.24) is 0 Å². The topological polar surface area (TPSA) is 26.3 Å². The van der Waals surface area contributed by atoms with Crippen molar-refractivity contribution in [3.63, 3.8) is 0 Å². The molecular weight excluding hydrogens is 376 g/mol. The van der Waals surface area contributed by atoms with Crippen LogP contribution in [0.3, 0.4) is 0 Å². The Hall–Kier alpha value is -1.87. The van der Waals surface area contributed by atoms with Crippen LogP contribution in [0, 0.1) is 0 Å². The summed E-state index contributed by atoms with van der Waals surface area (Å²) in [5.41, 5.74) is 2.36. The van der Waals surface area contributed by atoms with Crippen LogP contribution in [0.5, 0.6) is 5.75 Å². The predicted molar refractivity (Wildman–Crippen MR) is 108 cm³/mol. The fourth-order valence-corrected chi connectivity index (χ4v) is 2.81. The Labute approximate surface area is 159 Å². The number of halogens is 1. The van der Waals surface area contributed by atoms with E-state index in [1.807, 2.05) is 24.3 Å². The lowest BCUT2D eigenvalue weighted by molar-refractivity contribution is -0.128. The average molecular weight is 401 g/mol. The first kappa shape index (κ1) is 19.5. The molecule has 0 saturated carbocycles. The van der Waals surface area contributed by atoms with Crippen LogP contribution >= 0.6 is 15.9 Å². The summed E-state index contributed by atoms with van der Waals surface area (Å²) in [7, 11) is 0. The lowest BCUT2D eigenvalue weighted by Gasteiger charge is -2.03. The van der Waals surface area contributed by atoms with Crippen molar-refractivity contribution in [1.29, 1.82) is 0 Å². The molecule has 0 radical (unpaired) electrons. The van der Waals surface area contributed by atoms with E-state index in [0.717, 1.165) is 16.5 Å². The maximum absolute atomic E-state index is 11.8. The Morgan fingerprint density at radius 1 is 0.960 bits per heavy atom. The second kappa shape index (κ2) is 10.9. The number of aryl methyl sites for hydroxylation is 1. The number of esters is 1. The Kier molecular flexibility index (Phi) is 8.47. The quantitative estimate of drug-likeness (QED) is 0.205. The van der Waals surface area contributed by atoms with Gasteiger partial charge in [0.05, 0.1) is 0 Å². The van der Waals surface area contributed by atoms with Crippen LogP contribution in [0.4, 0.5) is 0 Å². The highest BCUT2D eigenvalue weighted by atomic mass is 79.9. The summed E-state index contributed by atoms with van der Waals surface area (Å²) in [6.45, 7) is 2.24. The van der Waals surface area contributed by atoms with Crippen molar-refractivity contribution < 1.29 is 9.53 Å². The number of carbonyl (C=O) groups excluding carboxylic acids is 1. The van der Waals surface area contributed by atoms with Gasteiger partial charge in [0.1, 0.15) is 5.75 Å². The Morgan fingerprint density at radius 3 is 2.32 bits per heavy atom. The number of hydrogen-bond acceptors (Lipinski definition) is 2. The zero-order chi connectivity index (χ0) is 17.9. The number of carbonyl (C=O) groups is 1. The van der Waals surface area contributed by atoms with Gasteiger partial charge in [0.15, 0.2) is 0 Å². The molecular formula is C22H25BrO2. The molecule has 0 fully saturated rings. The molecule has 2 nitrogen and oxygen atoms in total. The fraction of sp³-hybridized carbons (Fsp3) is 0.318. The van der Waals surface area contributed by atoms with Crippen molar-refractivity contribution in [3.8, 4) is 5.75 Å². The zero-order valence-corrected chi connectivity index (χ0v) is 16.3. The SMILES string of the molecule is CCCCCCCc1ccc(C=CC(=O)Oc2ccc(Br)cc2)cc1. The third-order valence-electron chi connectivity index (χ3n) is 3.99. The molecule has 2 aromatic rings. The molecule has 0 atom stereocenters. The summed E-state index contributed by atoms with van der Waals surface area (Å²) in [4.78, 5) is 11.8. The average Bonchev–Trinajstić information content (AvgIpc) is 2.63. The standard InChI is InChI=1S/C22H25BrO2/c1-2-3-4-5-6-7-18-8-10-19(11-9-18)12-17-22(24)25-21-15-13-20(23)14-16-21/h8-17H,2-7H2,1H3. The van der Waals surface area contributed by atoms with Crippen LogP contribution in [0.1, 0.15) is 50.2 Å². The zero-order valence-electron chi connectivity index (χ0n) is 14.7. The van der Waals surface area contributed by atoms with Gasteiger partial charge in [-0.25, -0.2) is 4.79 Å². The molecule has 0 aliphatic heterocycles. The molecule has 0 aliphatic carbocycles. The molecule has 0 bridgehead atoms. The van der Waals surface area contributed by atoms with E-state index in [-0.39, 0.29) is 5.97 Å². The van der Waals surface area contributed by atoms with Gasteiger partial charge in [-0.2, -0.15) is 0 Å². The van der Waals surface area contributed by atoms with Crippen molar-refractivity contribution >= 4 is 28.0 Å². The Bertz CT molecular complexity index is 672. The summed E-state index contributed by atoms with van der Waals surface area (Å²) in [6, 6.07) is 15.6. The Morgan fingerprint density at radius 2 is 1.64 bits per heavy atom. The van der Waals surface area contributed by atoms with E-state index in [0.29, 0.717) is 5.75 Å². The molecule has 132 valence electrons. The van der Waals surface area contributed by atoms with E-state index in [2.05, 4.69) is 35.0 Å². The summed E-state index contributed by atoms with van der Waals surface area (Å²) in [5.74, 6) is 0.165. The molecule has 0 unspecified atom stereocenters. The molecule has 25 heavy (non-hydrogen) atoms. The molecule has 0 N–H and O–H groups in total. The van der Waals surface area contributed by atoms with Gasteiger partial charge in [0.2, 0.25) is 0 Å². The van der Waals surface area contributed by atoms with Crippen LogP contribution in [-0.4, -0.2) is 5.97 Å². The van der Waals surface area contributed by atoms with Gasteiger partial charge in [-0.15, -0.1) is 0 Å². The molecule has 2 aromatic carbocycles. The van der Waals surface area contributed by atoms with Gasteiger partial charge in [-0.3, -0.25) is 0 Å². The van der Waals surface area contributed by atoms with Crippen molar-refractivity contribution in [2.75, 3.05) is 0 Å². The number of benzene rings is 2. The van der Waals surface area contributed by atoms with E-state index < -0.39 is 0 Å². The van der Waals surface area contributed by atoms with Crippen LogP contribution in [-0.2, 0) is 11.2 Å². The molecule has 0 aliphatic rings. The lowest BCUT2D eigenvalue weighted by Crippen LogP contribution is -2.03. The van der Waals surface area contributed by atoms with Crippen LogP contribution < -0.4 is 4.74 Å². The van der Waals surface area contributed by atoms with Crippen molar-refractivity contribution in [2.45, 2.75) is 45.4 Å². The van der Waals surface area contributed by atoms with E-state index in [1.165, 1.54) is 43.7 Å². The van der Waals surface area contributed by atoms with E-state index in [9.17, 15) is 4.79 Å². The molecule has 0 amide bonds. The molecule has 0 heterocycles. The second-order valence-corrected chi connectivity index (χ2v) is 7.03. The van der Waals surface area contributed by atoms with E-state index in [4.69, 9.17) is 4.74 Å². The summed E-state index contributed by atoms with van der Waals surface area (Å²) < 4.78 is 6.21. The minimum absolute atomic E-state index is 0.373. The highest BCUT2D eigenvalue weighted by molar-refractivity contribution is 9.10. The van der Waals surface area contributed by atoms with Crippen molar-refractivity contribution in [3.05, 3.63) is 70.2 Å². The molecule has 0 saturated heterocycles. The van der Waals surface area contributed by atoms with Gasteiger partial charge in [0.25, 0.3) is 0 Å². The van der Waals surface area contributed by atoms with E-state index in [1.54, 1.807) is 18.2 Å².